The minimum absolute atomic E-state index is 0.769. The molecule has 0 unspecified atom stereocenters. The van der Waals surface area contributed by atoms with Crippen LogP contribution in [0.3, 0.4) is 0 Å². The van der Waals surface area contributed by atoms with Gasteiger partial charge in [0.25, 0.3) is 0 Å². The van der Waals surface area contributed by atoms with Crippen LogP contribution in [0.2, 0.25) is 0 Å². The molecule has 0 atom stereocenters. The first-order valence-corrected chi connectivity index (χ1v) is 6.73. The standard InChI is InChI=1S/C17H15N3O/c1(2-14-7-11-18-12-8-14)10-19-16-5-3-15(4-6-16)17-9-13-21-20-17/h1-9,11-13,19H,10H2/b2-1+. The molecule has 3 aromatic rings. The number of nitrogens with zero attached hydrogens (tertiary/aromatic N) is 2. The molecule has 0 aliphatic carbocycles. The summed E-state index contributed by atoms with van der Waals surface area (Å²) in [5.41, 5.74) is 4.11. The number of rotatable bonds is 5. The molecule has 2 aromatic heterocycles. The first kappa shape index (κ1) is 13.1. The third kappa shape index (κ3) is 3.57. The summed E-state index contributed by atoms with van der Waals surface area (Å²) in [7, 11) is 0. The molecule has 0 saturated carbocycles. The quantitative estimate of drug-likeness (QED) is 0.769. The number of nitrogens with one attached hydrogen (secondary N) is 1. The zero-order valence-corrected chi connectivity index (χ0v) is 11.4. The highest BCUT2D eigenvalue weighted by Gasteiger charge is 2.00. The van der Waals surface area contributed by atoms with Crippen molar-refractivity contribution in [2.24, 2.45) is 0 Å². The van der Waals surface area contributed by atoms with Gasteiger partial charge in [0.05, 0.1) is 0 Å². The Bertz CT molecular complexity index is 689. The van der Waals surface area contributed by atoms with Crippen LogP contribution in [0.15, 0.2) is 71.7 Å². The molecule has 0 radical (unpaired) electrons. The van der Waals surface area contributed by atoms with E-state index < -0.39 is 0 Å². The fraction of sp³-hybridized carbons (Fsp3) is 0.0588. The number of hydrogen-bond acceptors (Lipinski definition) is 4. The first-order valence-electron chi connectivity index (χ1n) is 6.73. The van der Waals surface area contributed by atoms with Crippen LogP contribution in [0, 0.1) is 0 Å². The number of benzene rings is 1. The van der Waals surface area contributed by atoms with Gasteiger partial charge in [-0.2, -0.15) is 0 Å². The molecule has 0 fully saturated rings. The topological polar surface area (TPSA) is 51.0 Å². The molecule has 1 N–H and O–H groups in total. The molecule has 0 amide bonds. The van der Waals surface area contributed by atoms with Crippen LogP contribution in [-0.2, 0) is 0 Å². The van der Waals surface area contributed by atoms with Crippen molar-refractivity contribution in [1.29, 1.82) is 0 Å². The highest BCUT2D eigenvalue weighted by atomic mass is 16.5. The van der Waals surface area contributed by atoms with E-state index in [1.807, 2.05) is 42.5 Å². The highest BCUT2D eigenvalue weighted by Crippen LogP contribution is 2.19. The van der Waals surface area contributed by atoms with Crippen molar-refractivity contribution in [2.45, 2.75) is 0 Å². The molecule has 4 nitrogen and oxygen atoms in total. The summed E-state index contributed by atoms with van der Waals surface area (Å²) in [6, 6.07) is 13.9. The van der Waals surface area contributed by atoms with Crippen LogP contribution < -0.4 is 5.32 Å². The highest BCUT2D eigenvalue weighted by molar-refractivity contribution is 5.62. The summed E-state index contributed by atoms with van der Waals surface area (Å²) < 4.78 is 4.84. The second kappa shape index (κ2) is 6.52. The van der Waals surface area contributed by atoms with Crippen molar-refractivity contribution in [3.63, 3.8) is 0 Å². The number of aromatic nitrogens is 2. The van der Waals surface area contributed by atoms with Gasteiger partial charge in [0.15, 0.2) is 0 Å². The Labute approximate surface area is 123 Å². The minimum Gasteiger partial charge on any atom is -0.382 e. The fourth-order valence-corrected chi connectivity index (χ4v) is 1.97. The molecule has 0 aliphatic heterocycles. The zero-order valence-electron chi connectivity index (χ0n) is 11.4. The summed E-state index contributed by atoms with van der Waals surface area (Å²) >= 11 is 0. The van der Waals surface area contributed by atoms with Crippen molar-refractivity contribution in [3.8, 4) is 11.3 Å². The van der Waals surface area contributed by atoms with E-state index in [9.17, 15) is 0 Å². The summed E-state index contributed by atoms with van der Waals surface area (Å²) in [5.74, 6) is 0. The molecule has 0 bridgehead atoms. The maximum Gasteiger partial charge on any atom is 0.124 e. The van der Waals surface area contributed by atoms with Crippen LogP contribution in [0.25, 0.3) is 17.3 Å². The van der Waals surface area contributed by atoms with E-state index in [0.717, 1.165) is 29.1 Å². The molecule has 2 heterocycles. The van der Waals surface area contributed by atoms with Crippen LogP contribution in [0.1, 0.15) is 5.56 Å². The van der Waals surface area contributed by atoms with Gasteiger partial charge in [-0.1, -0.05) is 29.4 Å². The molecular weight excluding hydrogens is 262 g/mol. The van der Waals surface area contributed by atoms with Gasteiger partial charge >= 0.3 is 0 Å². The Balaban J connectivity index is 1.55. The Morgan fingerprint density at radius 1 is 1.00 bits per heavy atom. The Morgan fingerprint density at radius 3 is 2.52 bits per heavy atom. The van der Waals surface area contributed by atoms with Gasteiger partial charge < -0.3 is 9.84 Å². The molecule has 0 saturated heterocycles. The number of pyridine rings is 1. The lowest BCUT2D eigenvalue weighted by molar-refractivity contribution is 0.422. The third-order valence-corrected chi connectivity index (χ3v) is 3.06. The average Bonchev–Trinajstić information content (AvgIpc) is 3.08. The van der Waals surface area contributed by atoms with E-state index in [1.54, 1.807) is 18.7 Å². The first-order chi connectivity index (χ1) is 10.4. The van der Waals surface area contributed by atoms with Crippen LogP contribution in [-0.4, -0.2) is 16.7 Å². The number of anilines is 1. The Kier molecular flexibility index (Phi) is 4.07. The molecule has 0 aliphatic rings. The maximum absolute atomic E-state index is 4.84. The molecule has 3 rings (SSSR count). The van der Waals surface area contributed by atoms with Crippen molar-refractivity contribution in [3.05, 3.63) is 72.8 Å². The largest absolute Gasteiger partial charge is 0.382 e. The summed E-state index contributed by atoms with van der Waals surface area (Å²) in [6.45, 7) is 0.769. The molecule has 0 spiro atoms. The van der Waals surface area contributed by atoms with Crippen LogP contribution in [0.4, 0.5) is 5.69 Å². The van der Waals surface area contributed by atoms with Crippen molar-refractivity contribution < 1.29 is 4.52 Å². The number of hydrogen-bond donors (Lipinski definition) is 1. The molecule has 104 valence electrons. The van der Waals surface area contributed by atoms with Gasteiger partial charge in [0.2, 0.25) is 0 Å². The van der Waals surface area contributed by atoms with Gasteiger partial charge in [-0.3, -0.25) is 4.98 Å². The lowest BCUT2D eigenvalue weighted by Crippen LogP contribution is -1.97. The van der Waals surface area contributed by atoms with E-state index in [-0.39, 0.29) is 0 Å². The van der Waals surface area contributed by atoms with Crippen molar-refractivity contribution in [2.75, 3.05) is 11.9 Å². The van der Waals surface area contributed by atoms with Gasteiger partial charge in [-0.25, -0.2) is 0 Å². The fourth-order valence-electron chi connectivity index (χ4n) is 1.97. The smallest absolute Gasteiger partial charge is 0.124 e. The van der Waals surface area contributed by atoms with Gasteiger partial charge in [0.1, 0.15) is 12.0 Å². The molecule has 4 heteroatoms. The minimum atomic E-state index is 0.769. The van der Waals surface area contributed by atoms with Crippen LogP contribution >= 0.6 is 0 Å². The Hall–Kier alpha value is -2.88. The van der Waals surface area contributed by atoms with E-state index >= 15 is 0 Å². The average molecular weight is 277 g/mol. The predicted octanol–water partition coefficient (Wildman–Crippen LogP) is 3.86. The Morgan fingerprint density at radius 2 is 1.81 bits per heavy atom. The molecular formula is C17H15N3O. The van der Waals surface area contributed by atoms with Crippen molar-refractivity contribution >= 4 is 11.8 Å². The normalized spacial score (nSPS) is 10.9. The predicted molar refractivity (Wildman–Crippen MR) is 83.7 cm³/mol. The summed E-state index contributed by atoms with van der Waals surface area (Å²) in [4.78, 5) is 3.99. The monoisotopic (exact) mass is 277 g/mol. The third-order valence-electron chi connectivity index (χ3n) is 3.06. The van der Waals surface area contributed by atoms with Crippen LogP contribution in [0.5, 0.6) is 0 Å². The van der Waals surface area contributed by atoms with Gasteiger partial charge in [-0.15, -0.1) is 0 Å². The summed E-state index contributed by atoms with van der Waals surface area (Å²) in [6.07, 6.45) is 9.30. The molecule has 21 heavy (non-hydrogen) atoms. The van der Waals surface area contributed by atoms with Gasteiger partial charge in [-0.05, 0) is 29.8 Å². The second-order valence-corrected chi connectivity index (χ2v) is 4.53. The van der Waals surface area contributed by atoms with E-state index in [2.05, 4.69) is 27.6 Å². The van der Waals surface area contributed by atoms with Crippen molar-refractivity contribution in [1.82, 2.24) is 10.1 Å². The second-order valence-electron chi connectivity index (χ2n) is 4.53. The molecule has 1 aromatic carbocycles. The lowest BCUT2D eigenvalue weighted by atomic mass is 10.1. The van der Waals surface area contributed by atoms with Gasteiger partial charge in [0, 0.05) is 36.3 Å². The zero-order chi connectivity index (χ0) is 14.3. The lowest BCUT2D eigenvalue weighted by Gasteiger charge is -2.04. The van der Waals surface area contributed by atoms with E-state index in [0.29, 0.717) is 0 Å². The van der Waals surface area contributed by atoms with E-state index in [4.69, 9.17) is 4.52 Å². The maximum atomic E-state index is 4.84. The SMILES string of the molecule is C(=C\c1ccncc1)/CNc1ccc(-c2ccon2)cc1. The summed E-state index contributed by atoms with van der Waals surface area (Å²) in [5, 5.41) is 7.25. The van der Waals surface area contributed by atoms with E-state index in [1.165, 1.54) is 0 Å².